The fourth-order valence-corrected chi connectivity index (χ4v) is 8.87. The van der Waals surface area contributed by atoms with Crippen LogP contribution in [0.5, 0.6) is 0 Å². The van der Waals surface area contributed by atoms with E-state index in [1.807, 2.05) is 30.2 Å². The molecule has 0 unspecified atom stereocenters. The van der Waals surface area contributed by atoms with Crippen LogP contribution in [-0.2, 0) is 14.2 Å². The molecule has 2 bridgehead atoms. The second-order valence-electron chi connectivity index (χ2n) is 18.5. The lowest BCUT2D eigenvalue weighted by molar-refractivity contribution is 0.00568. The molecule has 55 heavy (non-hydrogen) atoms. The number of nitrogens with zero attached hydrogens (tertiary/aromatic N) is 6. The molecule has 1 aromatic carbocycles. The summed E-state index contributed by atoms with van der Waals surface area (Å²) in [4.78, 5) is 27.2. The highest BCUT2D eigenvalue weighted by atomic mass is 28.3. The summed E-state index contributed by atoms with van der Waals surface area (Å²) >= 11 is 0. The zero-order valence-corrected chi connectivity index (χ0v) is 36.0. The van der Waals surface area contributed by atoms with E-state index in [1.54, 1.807) is 24.5 Å². The van der Waals surface area contributed by atoms with E-state index in [0.717, 1.165) is 60.4 Å². The van der Waals surface area contributed by atoms with Gasteiger partial charge in [0.15, 0.2) is 5.65 Å². The molecule has 5 heterocycles. The number of fused-ring (bicyclic) bond motifs is 3. The first kappa shape index (κ1) is 40.9. The van der Waals surface area contributed by atoms with Crippen LogP contribution in [0.3, 0.4) is 0 Å². The van der Waals surface area contributed by atoms with Gasteiger partial charge in [0.05, 0.1) is 17.5 Å². The van der Waals surface area contributed by atoms with Crippen LogP contribution in [0.4, 0.5) is 19.4 Å². The highest BCUT2D eigenvalue weighted by molar-refractivity contribution is 6.76. The summed E-state index contributed by atoms with van der Waals surface area (Å²) in [6.07, 6.45) is 6.52. The number of anilines is 1. The average molecular weight is 793 g/mol. The third kappa shape index (κ3) is 10.2. The Hall–Kier alpha value is -3.73. The largest absolute Gasteiger partial charge is 0.444 e. The molecule has 1 amide bonds. The van der Waals surface area contributed by atoms with Gasteiger partial charge in [-0.15, -0.1) is 0 Å². The van der Waals surface area contributed by atoms with Gasteiger partial charge in [-0.25, -0.2) is 18.6 Å². The van der Waals surface area contributed by atoms with Gasteiger partial charge in [0.2, 0.25) is 0 Å². The second kappa shape index (κ2) is 16.4. The molecule has 0 saturated carbocycles. The molecule has 2 saturated heterocycles. The lowest BCUT2D eigenvalue weighted by Gasteiger charge is -2.39. The van der Waals surface area contributed by atoms with E-state index in [9.17, 15) is 13.6 Å². The molecule has 14 heteroatoms. The van der Waals surface area contributed by atoms with Crippen molar-refractivity contribution in [3.8, 4) is 22.4 Å². The van der Waals surface area contributed by atoms with Gasteiger partial charge in [0, 0.05) is 76.4 Å². The van der Waals surface area contributed by atoms with Crippen molar-refractivity contribution in [2.24, 2.45) is 0 Å². The lowest BCUT2D eigenvalue weighted by Crippen LogP contribution is -2.48. The van der Waals surface area contributed by atoms with Gasteiger partial charge in [0.1, 0.15) is 36.5 Å². The summed E-state index contributed by atoms with van der Waals surface area (Å²) in [5.74, 6) is -0.446. The van der Waals surface area contributed by atoms with Gasteiger partial charge < -0.3 is 24.0 Å². The Balaban J connectivity index is 1.38. The highest BCUT2D eigenvalue weighted by Crippen LogP contribution is 2.44. The summed E-state index contributed by atoms with van der Waals surface area (Å²) < 4.78 is 49.6. The standard InChI is InChI=1S/C41H58F2N6O4Si2/c1-41(2,3)53-40(50)48-30-14-15-31(48)22-29(21-30)36-23-37(47(26-51-17-19-54(4,5)6)27-52-18-20-55(7,8)9)49-39(46-36)32(25-45-49)28-13-16-35(44-24-28)38-33(42)11-10-12-34(38)43/h10-13,16,23-25,29-31H,14-15,17-22,26-27H2,1-9H3/t29-,30-,31+. The third-order valence-electron chi connectivity index (χ3n) is 10.3. The summed E-state index contributed by atoms with van der Waals surface area (Å²) in [7, 11) is -2.64. The van der Waals surface area contributed by atoms with Crippen LogP contribution >= 0.6 is 0 Å². The normalized spacial score (nSPS) is 19.0. The SMILES string of the molecule is CC(C)(C)OC(=O)N1[C@@H]2CC[C@H]1C[C@H](c1cc(N(COCC[Si](C)(C)C)COCC[Si](C)(C)C)n3ncc(-c4ccc(-c5c(F)cccc5F)nc4)c3n1)C2. The van der Waals surface area contributed by atoms with Crippen LogP contribution in [0.15, 0.2) is 48.8 Å². The van der Waals surface area contributed by atoms with Crippen molar-refractivity contribution in [2.45, 2.75) is 121 Å². The fourth-order valence-electron chi connectivity index (χ4n) is 7.35. The molecule has 6 rings (SSSR count). The molecular formula is C41H58F2N6O4Si2. The maximum absolute atomic E-state index is 14.6. The summed E-state index contributed by atoms with van der Waals surface area (Å²) in [5.41, 5.74) is 2.48. The minimum absolute atomic E-state index is 0.0610. The zero-order chi connectivity index (χ0) is 39.7. The Bertz CT molecular complexity index is 1900. The van der Waals surface area contributed by atoms with E-state index in [4.69, 9.17) is 24.3 Å². The van der Waals surface area contributed by atoms with Gasteiger partial charge >= 0.3 is 6.09 Å². The van der Waals surface area contributed by atoms with Gasteiger partial charge in [-0.05, 0) is 76.7 Å². The number of aromatic nitrogens is 4. The quantitative estimate of drug-likeness (QED) is 0.0708. The highest BCUT2D eigenvalue weighted by Gasteiger charge is 2.45. The third-order valence-corrected chi connectivity index (χ3v) is 13.7. The Morgan fingerprint density at radius 2 is 1.49 bits per heavy atom. The molecule has 10 nitrogen and oxygen atoms in total. The van der Waals surface area contributed by atoms with Crippen LogP contribution in [-0.4, -0.2) is 91.1 Å². The number of halogens is 2. The number of amides is 1. The summed E-state index contributed by atoms with van der Waals surface area (Å²) in [6, 6.07) is 11.5. The Labute approximate surface area is 326 Å². The molecule has 4 aromatic rings. The van der Waals surface area contributed by atoms with Gasteiger partial charge in [-0.3, -0.25) is 4.98 Å². The van der Waals surface area contributed by atoms with Crippen molar-refractivity contribution < 1.29 is 27.8 Å². The van der Waals surface area contributed by atoms with Crippen molar-refractivity contribution >= 4 is 33.7 Å². The van der Waals surface area contributed by atoms with E-state index in [2.05, 4.69) is 55.2 Å². The van der Waals surface area contributed by atoms with Crippen LogP contribution < -0.4 is 4.90 Å². The molecule has 2 fully saturated rings. The predicted octanol–water partition coefficient (Wildman–Crippen LogP) is 9.81. The summed E-state index contributed by atoms with van der Waals surface area (Å²) in [6.45, 7) is 21.7. The monoisotopic (exact) mass is 792 g/mol. The summed E-state index contributed by atoms with van der Waals surface area (Å²) in [5, 5.41) is 4.86. The molecule has 3 atom stereocenters. The number of ether oxygens (including phenoxy) is 3. The fraction of sp³-hybridized carbons (Fsp3) is 0.561. The number of hydrogen-bond donors (Lipinski definition) is 0. The van der Waals surface area contributed by atoms with Crippen molar-refractivity contribution in [3.05, 3.63) is 66.1 Å². The maximum Gasteiger partial charge on any atom is 0.410 e. The Morgan fingerprint density at radius 1 is 0.891 bits per heavy atom. The van der Waals surface area contributed by atoms with Crippen LogP contribution in [0.25, 0.3) is 28.0 Å². The number of pyridine rings is 1. The van der Waals surface area contributed by atoms with Crippen LogP contribution in [0, 0.1) is 11.6 Å². The number of carbonyl (C=O) groups is 1. The molecule has 2 aliphatic rings. The number of rotatable bonds is 14. The van der Waals surface area contributed by atoms with Crippen molar-refractivity contribution in [3.63, 3.8) is 0 Å². The molecule has 0 N–H and O–H groups in total. The number of benzene rings is 1. The topological polar surface area (TPSA) is 94.3 Å². The predicted molar refractivity (Wildman–Crippen MR) is 219 cm³/mol. The van der Waals surface area contributed by atoms with E-state index in [0.29, 0.717) is 32.3 Å². The first-order chi connectivity index (χ1) is 25.9. The number of piperidine rings is 1. The van der Waals surface area contributed by atoms with E-state index >= 15 is 0 Å². The molecule has 0 aliphatic carbocycles. The minimum Gasteiger partial charge on any atom is -0.444 e. The molecule has 298 valence electrons. The van der Waals surface area contributed by atoms with E-state index < -0.39 is 33.4 Å². The Morgan fingerprint density at radius 3 is 2.02 bits per heavy atom. The van der Waals surface area contributed by atoms with Gasteiger partial charge in [-0.1, -0.05) is 51.4 Å². The van der Waals surface area contributed by atoms with E-state index in [-0.39, 0.29) is 35.4 Å². The minimum atomic E-state index is -1.32. The van der Waals surface area contributed by atoms with Crippen LogP contribution in [0.2, 0.25) is 51.4 Å². The Kier molecular flexibility index (Phi) is 12.2. The van der Waals surface area contributed by atoms with Crippen molar-refractivity contribution in [1.82, 2.24) is 24.5 Å². The van der Waals surface area contributed by atoms with Gasteiger partial charge in [0.25, 0.3) is 0 Å². The molecule has 0 radical (unpaired) electrons. The van der Waals surface area contributed by atoms with Crippen LogP contribution in [0.1, 0.15) is 58.1 Å². The van der Waals surface area contributed by atoms with E-state index in [1.165, 1.54) is 18.2 Å². The number of carbonyl (C=O) groups excluding carboxylic acids is 1. The maximum atomic E-state index is 14.6. The number of hydrogen-bond acceptors (Lipinski definition) is 8. The molecule has 3 aromatic heterocycles. The van der Waals surface area contributed by atoms with Crippen molar-refractivity contribution in [2.75, 3.05) is 31.6 Å². The molecule has 2 aliphatic heterocycles. The molecular weight excluding hydrogens is 735 g/mol. The van der Waals surface area contributed by atoms with Crippen molar-refractivity contribution in [1.29, 1.82) is 0 Å². The average Bonchev–Trinajstić information content (AvgIpc) is 3.63. The second-order valence-corrected chi connectivity index (χ2v) is 29.8. The van der Waals surface area contributed by atoms with Gasteiger partial charge in [-0.2, -0.15) is 9.61 Å². The molecule has 0 spiro atoms. The zero-order valence-electron chi connectivity index (χ0n) is 34.0. The first-order valence-electron chi connectivity index (χ1n) is 19.6. The smallest absolute Gasteiger partial charge is 0.410 e. The first-order valence-corrected chi connectivity index (χ1v) is 27.0. The lowest BCUT2D eigenvalue weighted by atomic mass is 9.88.